The minimum atomic E-state index is -0.0413. The van der Waals surface area contributed by atoms with Crippen molar-refractivity contribution in [1.82, 2.24) is 9.47 Å². The number of hydrogen-bond donors (Lipinski definition) is 0. The fraction of sp³-hybridized carbons (Fsp3) is 0.400. The number of unbranched alkanes of at least 4 members (excludes halogenated alkanes) is 1. The van der Waals surface area contributed by atoms with Gasteiger partial charge in [0.05, 0.1) is 6.04 Å². The Bertz CT molecular complexity index is 1020. The third kappa shape index (κ3) is 3.46. The molecule has 0 bridgehead atoms. The molecule has 0 N–H and O–H groups in total. The summed E-state index contributed by atoms with van der Waals surface area (Å²) in [6.07, 6.45) is 3.08. The minimum absolute atomic E-state index is 0.0413. The zero-order valence-electron chi connectivity index (χ0n) is 17.6. The smallest absolute Gasteiger partial charge is 0.255 e. The van der Waals surface area contributed by atoms with Crippen LogP contribution in [0.2, 0.25) is 0 Å². The summed E-state index contributed by atoms with van der Waals surface area (Å²) in [6, 6.07) is 16.5. The predicted octanol–water partition coefficient (Wildman–Crippen LogP) is 5.24. The Morgan fingerprint density at radius 3 is 2.55 bits per heavy atom. The van der Waals surface area contributed by atoms with Crippen LogP contribution in [0.25, 0.3) is 10.9 Å². The number of amides is 1. The van der Waals surface area contributed by atoms with Gasteiger partial charge in [-0.2, -0.15) is 0 Å². The number of nitrogens with zero attached hydrogens (tertiary/aromatic N) is 2. The second-order valence-corrected chi connectivity index (χ2v) is 7.88. The van der Waals surface area contributed by atoms with Gasteiger partial charge in [-0.3, -0.25) is 4.79 Å². The second kappa shape index (κ2) is 8.42. The molecule has 0 unspecified atom stereocenters. The third-order valence-corrected chi connectivity index (χ3v) is 6.11. The Balaban J connectivity index is 1.69. The molecule has 0 fully saturated rings. The van der Waals surface area contributed by atoms with Gasteiger partial charge in [0.2, 0.25) is 0 Å². The molecule has 0 spiro atoms. The van der Waals surface area contributed by atoms with E-state index in [0.29, 0.717) is 13.2 Å². The molecule has 1 atom stereocenters. The van der Waals surface area contributed by atoms with Gasteiger partial charge >= 0.3 is 0 Å². The molecule has 0 saturated heterocycles. The maximum atomic E-state index is 13.3. The van der Waals surface area contributed by atoms with Crippen LogP contribution in [-0.4, -0.2) is 35.1 Å². The molecule has 4 heteroatoms. The average Bonchev–Trinajstić information content (AvgIpc) is 3.16. The number of aryl methyl sites for hydroxylation is 1. The van der Waals surface area contributed by atoms with E-state index in [0.717, 1.165) is 37.0 Å². The Labute approximate surface area is 173 Å². The van der Waals surface area contributed by atoms with E-state index in [1.54, 1.807) is 0 Å². The summed E-state index contributed by atoms with van der Waals surface area (Å²) in [5.74, 6) is 0.131. The monoisotopic (exact) mass is 390 g/mol. The highest BCUT2D eigenvalue weighted by molar-refractivity contribution is 6.01. The van der Waals surface area contributed by atoms with Crippen molar-refractivity contribution in [2.75, 3.05) is 19.8 Å². The summed E-state index contributed by atoms with van der Waals surface area (Å²) in [6.45, 7) is 6.53. The second-order valence-electron chi connectivity index (χ2n) is 7.88. The lowest BCUT2D eigenvalue weighted by Gasteiger charge is -2.26. The van der Waals surface area contributed by atoms with Crippen LogP contribution in [-0.2, 0) is 11.8 Å². The normalized spacial score (nSPS) is 16.0. The first-order valence-corrected chi connectivity index (χ1v) is 10.7. The molecule has 0 saturated carbocycles. The molecule has 1 amide bonds. The highest BCUT2D eigenvalue weighted by atomic mass is 16.5. The molecule has 4 nitrogen and oxygen atoms in total. The van der Waals surface area contributed by atoms with Gasteiger partial charge in [0.1, 0.15) is 0 Å². The fourth-order valence-corrected chi connectivity index (χ4v) is 4.49. The lowest BCUT2D eigenvalue weighted by atomic mass is 9.95. The number of benzene rings is 2. The highest BCUT2D eigenvalue weighted by Gasteiger charge is 2.39. The predicted molar refractivity (Wildman–Crippen MR) is 117 cm³/mol. The molecule has 2 aromatic carbocycles. The molecule has 0 radical (unpaired) electrons. The van der Waals surface area contributed by atoms with E-state index in [-0.39, 0.29) is 11.9 Å². The van der Waals surface area contributed by atoms with Crippen LogP contribution in [0.15, 0.2) is 48.5 Å². The van der Waals surface area contributed by atoms with Crippen molar-refractivity contribution >= 4 is 16.8 Å². The summed E-state index contributed by atoms with van der Waals surface area (Å²) in [7, 11) is 2.11. The van der Waals surface area contributed by atoms with Crippen molar-refractivity contribution in [3.8, 4) is 0 Å². The molecule has 2 heterocycles. The average molecular weight is 391 g/mol. The maximum absolute atomic E-state index is 13.3. The topological polar surface area (TPSA) is 34.5 Å². The van der Waals surface area contributed by atoms with E-state index in [4.69, 9.17) is 4.74 Å². The number of aromatic nitrogens is 1. The first-order valence-electron chi connectivity index (χ1n) is 10.7. The van der Waals surface area contributed by atoms with Gasteiger partial charge < -0.3 is 14.2 Å². The van der Waals surface area contributed by atoms with Crippen LogP contribution in [0.1, 0.15) is 59.4 Å². The SMILES string of the molecule is CCCCOCCCN1C(=O)c2ccccc2[C@H]1c1c(C)n(C)c2ccccc12. The molecule has 1 aliphatic heterocycles. The van der Waals surface area contributed by atoms with E-state index in [1.165, 1.54) is 22.2 Å². The first-order chi connectivity index (χ1) is 14.1. The van der Waals surface area contributed by atoms with Gasteiger partial charge in [0.15, 0.2) is 0 Å². The summed E-state index contributed by atoms with van der Waals surface area (Å²) in [5, 5.41) is 1.23. The lowest BCUT2D eigenvalue weighted by molar-refractivity contribution is 0.0709. The molecular weight excluding hydrogens is 360 g/mol. The zero-order valence-corrected chi connectivity index (χ0v) is 17.6. The molecule has 0 aliphatic carbocycles. The Morgan fingerprint density at radius 1 is 1.00 bits per heavy atom. The van der Waals surface area contributed by atoms with Crippen molar-refractivity contribution in [3.05, 3.63) is 70.9 Å². The van der Waals surface area contributed by atoms with E-state index >= 15 is 0 Å². The quantitative estimate of drug-likeness (QED) is 0.493. The summed E-state index contributed by atoms with van der Waals surface area (Å²) < 4.78 is 7.98. The Kier molecular flexibility index (Phi) is 5.72. The Morgan fingerprint density at radius 2 is 1.72 bits per heavy atom. The number of para-hydroxylation sites is 1. The maximum Gasteiger partial charge on any atom is 0.255 e. The van der Waals surface area contributed by atoms with Crippen LogP contribution in [0.5, 0.6) is 0 Å². The molecule has 152 valence electrons. The van der Waals surface area contributed by atoms with E-state index in [2.05, 4.69) is 55.8 Å². The number of rotatable bonds is 8. The molecular formula is C25H30N2O2. The van der Waals surface area contributed by atoms with Crippen molar-refractivity contribution in [1.29, 1.82) is 0 Å². The van der Waals surface area contributed by atoms with Gasteiger partial charge in [-0.05, 0) is 37.5 Å². The van der Waals surface area contributed by atoms with Gasteiger partial charge in [-0.1, -0.05) is 49.7 Å². The summed E-state index contributed by atoms with van der Waals surface area (Å²) in [5.41, 5.74) is 5.61. The largest absolute Gasteiger partial charge is 0.381 e. The van der Waals surface area contributed by atoms with Crippen LogP contribution in [0.4, 0.5) is 0 Å². The number of fused-ring (bicyclic) bond motifs is 2. The fourth-order valence-electron chi connectivity index (χ4n) is 4.49. The van der Waals surface area contributed by atoms with Crippen molar-refractivity contribution in [3.63, 3.8) is 0 Å². The van der Waals surface area contributed by atoms with E-state index in [9.17, 15) is 4.79 Å². The van der Waals surface area contributed by atoms with Gasteiger partial charge in [-0.15, -0.1) is 0 Å². The van der Waals surface area contributed by atoms with E-state index in [1.807, 2.05) is 23.1 Å². The number of hydrogen-bond acceptors (Lipinski definition) is 2. The molecule has 3 aromatic rings. The van der Waals surface area contributed by atoms with Crippen molar-refractivity contribution in [2.45, 2.75) is 39.2 Å². The van der Waals surface area contributed by atoms with Gasteiger partial charge in [0, 0.05) is 54.5 Å². The van der Waals surface area contributed by atoms with Crippen LogP contribution in [0.3, 0.4) is 0 Å². The minimum Gasteiger partial charge on any atom is -0.381 e. The molecule has 4 rings (SSSR count). The highest BCUT2D eigenvalue weighted by Crippen LogP contribution is 2.43. The van der Waals surface area contributed by atoms with Crippen LogP contribution < -0.4 is 0 Å². The van der Waals surface area contributed by atoms with E-state index < -0.39 is 0 Å². The number of carbonyl (C=O) groups excluding carboxylic acids is 1. The summed E-state index contributed by atoms with van der Waals surface area (Å²) in [4.78, 5) is 15.3. The summed E-state index contributed by atoms with van der Waals surface area (Å²) >= 11 is 0. The molecule has 29 heavy (non-hydrogen) atoms. The van der Waals surface area contributed by atoms with Gasteiger partial charge in [0.25, 0.3) is 5.91 Å². The Hall–Kier alpha value is -2.59. The van der Waals surface area contributed by atoms with Crippen molar-refractivity contribution in [2.24, 2.45) is 7.05 Å². The van der Waals surface area contributed by atoms with Crippen molar-refractivity contribution < 1.29 is 9.53 Å². The van der Waals surface area contributed by atoms with Gasteiger partial charge in [-0.25, -0.2) is 0 Å². The lowest BCUT2D eigenvalue weighted by Crippen LogP contribution is -2.30. The molecule has 1 aliphatic rings. The molecule has 1 aromatic heterocycles. The van der Waals surface area contributed by atoms with Crippen LogP contribution in [0, 0.1) is 6.92 Å². The zero-order chi connectivity index (χ0) is 20.4. The van der Waals surface area contributed by atoms with Crippen LogP contribution >= 0.6 is 0 Å². The third-order valence-electron chi connectivity index (χ3n) is 6.11. The first kappa shape index (κ1) is 19.7. The number of carbonyl (C=O) groups is 1. The standard InChI is InChI=1S/C25H30N2O2/c1-4-5-16-29-17-10-15-27-24(19-11-6-7-12-20(19)25(27)28)23-18(2)26(3)22-14-9-8-13-21(22)23/h6-9,11-14,24H,4-5,10,15-17H2,1-3H3/t24-/m0/s1. The number of ether oxygens (including phenoxy) is 1.